The number of hydrogen-bond acceptors (Lipinski definition) is 3. The van der Waals surface area contributed by atoms with Gasteiger partial charge in [-0.1, -0.05) is 77.6 Å². The molecule has 0 fully saturated rings. The summed E-state index contributed by atoms with van der Waals surface area (Å²) in [5, 5.41) is 9.83. The highest BCUT2D eigenvalue weighted by atomic mass is 16.7. The molecule has 1 atom stereocenters. The van der Waals surface area contributed by atoms with Crippen LogP contribution in [0.4, 0.5) is 0 Å². The number of aliphatic hydroxyl groups excluding tert-OH is 1. The van der Waals surface area contributed by atoms with Gasteiger partial charge >= 0.3 is 0 Å². The summed E-state index contributed by atoms with van der Waals surface area (Å²) >= 11 is 0. The zero-order valence-electron chi connectivity index (χ0n) is 15.2. The van der Waals surface area contributed by atoms with Crippen molar-refractivity contribution in [1.82, 2.24) is 0 Å². The molecule has 22 heavy (non-hydrogen) atoms. The number of ether oxygens (including phenoxy) is 2. The standard InChI is InChI=1S/C19H40O3/c1-3-4-12-15-19(20)16-13-10-8-6-5-7-9-11-14-17-22-18-21-2/h19-20H,3-18H2,1-2H3/t19-/m0/s1. The van der Waals surface area contributed by atoms with Gasteiger partial charge < -0.3 is 14.6 Å². The Bertz CT molecular complexity index is 197. The molecule has 0 rings (SSSR count). The van der Waals surface area contributed by atoms with Gasteiger partial charge in [-0.15, -0.1) is 0 Å². The minimum absolute atomic E-state index is 0.0492. The fourth-order valence-electron chi connectivity index (χ4n) is 2.74. The summed E-state index contributed by atoms with van der Waals surface area (Å²) in [7, 11) is 1.66. The Hall–Kier alpha value is -0.120. The van der Waals surface area contributed by atoms with Crippen molar-refractivity contribution in [3.05, 3.63) is 0 Å². The normalized spacial score (nSPS) is 12.7. The van der Waals surface area contributed by atoms with Crippen molar-refractivity contribution >= 4 is 0 Å². The number of aliphatic hydroxyl groups is 1. The third-order valence-electron chi connectivity index (χ3n) is 4.17. The van der Waals surface area contributed by atoms with E-state index in [0.29, 0.717) is 6.79 Å². The second kappa shape index (κ2) is 18.9. The van der Waals surface area contributed by atoms with Crippen LogP contribution in [-0.4, -0.2) is 31.7 Å². The molecule has 1 N–H and O–H groups in total. The van der Waals surface area contributed by atoms with E-state index < -0.39 is 0 Å². The molecule has 0 radical (unpaired) electrons. The second-order valence-electron chi connectivity index (χ2n) is 6.44. The van der Waals surface area contributed by atoms with Crippen LogP contribution >= 0.6 is 0 Å². The van der Waals surface area contributed by atoms with Gasteiger partial charge in [-0.05, 0) is 19.3 Å². The highest BCUT2D eigenvalue weighted by Gasteiger charge is 2.03. The van der Waals surface area contributed by atoms with E-state index in [9.17, 15) is 5.11 Å². The first kappa shape index (κ1) is 21.9. The van der Waals surface area contributed by atoms with Crippen LogP contribution in [0.15, 0.2) is 0 Å². The molecule has 0 aliphatic rings. The molecule has 0 saturated heterocycles. The van der Waals surface area contributed by atoms with Gasteiger partial charge in [0.2, 0.25) is 0 Å². The Morgan fingerprint density at radius 3 is 1.77 bits per heavy atom. The number of rotatable bonds is 18. The third-order valence-corrected chi connectivity index (χ3v) is 4.17. The lowest BCUT2D eigenvalue weighted by Crippen LogP contribution is -2.05. The molecule has 0 aromatic carbocycles. The second-order valence-corrected chi connectivity index (χ2v) is 6.44. The van der Waals surface area contributed by atoms with Crippen LogP contribution in [0, 0.1) is 0 Å². The predicted octanol–water partition coefficient (Wildman–Crippen LogP) is 5.45. The van der Waals surface area contributed by atoms with Crippen LogP contribution in [0.5, 0.6) is 0 Å². The van der Waals surface area contributed by atoms with Crippen LogP contribution in [-0.2, 0) is 9.47 Å². The Morgan fingerprint density at radius 1 is 0.727 bits per heavy atom. The molecule has 0 aliphatic carbocycles. The lowest BCUT2D eigenvalue weighted by atomic mass is 10.0. The zero-order chi connectivity index (χ0) is 16.3. The lowest BCUT2D eigenvalue weighted by Gasteiger charge is -2.09. The number of unbranched alkanes of at least 4 members (excludes halogenated alkanes) is 10. The van der Waals surface area contributed by atoms with Gasteiger partial charge in [0, 0.05) is 13.7 Å². The van der Waals surface area contributed by atoms with E-state index in [4.69, 9.17) is 9.47 Å². The van der Waals surface area contributed by atoms with E-state index in [1.807, 2.05) is 0 Å². The topological polar surface area (TPSA) is 38.7 Å². The Morgan fingerprint density at radius 2 is 1.23 bits per heavy atom. The van der Waals surface area contributed by atoms with Crippen molar-refractivity contribution < 1.29 is 14.6 Å². The van der Waals surface area contributed by atoms with E-state index in [2.05, 4.69) is 6.92 Å². The monoisotopic (exact) mass is 316 g/mol. The van der Waals surface area contributed by atoms with Crippen molar-refractivity contribution in [2.75, 3.05) is 20.5 Å². The van der Waals surface area contributed by atoms with Gasteiger partial charge in [0.25, 0.3) is 0 Å². The van der Waals surface area contributed by atoms with Gasteiger partial charge in [0.15, 0.2) is 0 Å². The van der Waals surface area contributed by atoms with Crippen molar-refractivity contribution in [1.29, 1.82) is 0 Å². The fraction of sp³-hybridized carbons (Fsp3) is 1.00. The first-order valence-electron chi connectivity index (χ1n) is 9.56. The smallest absolute Gasteiger partial charge is 0.146 e. The highest BCUT2D eigenvalue weighted by Crippen LogP contribution is 2.13. The Kier molecular flexibility index (Phi) is 18.8. The maximum atomic E-state index is 9.83. The molecule has 0 spiro atoms. The minimum Gasteiger partial charge on any atom is -0.393 e. The molecule has 0 unspecified atom stereocenters. The molecule has 0 bridgehead atoms. The maximum Gasteiger partial charge on any atom is 0.146 e. The van der Waals surface area contributed by atoms with Gasteiger partial charge in [-0.3, -0.25) is 0 Å². The Balaban J connectivity index is 3.05. The van der Waals surface area contributed by atoms with Gasteiger partial charge in [-0.2, -0.15) is 0 Å². The van der Waals surface area contributed by atoms with Crippen molar-refractivity contribution in [2.24, 2.45) is 0 Å². The van der Waals surface area contributed by atoms with E-state index >= 15 is 0 Å². The Labute approximate surface area is 138 Å². The third kappa shape index (κ3) is 17.9. The summed E-state index contributed by atoms with van der Waals surface area (Å²) in [6, 6.07) is 0. The van der Waals surface area contributed by atoms with Crippen LogP contribution in [0.1, 0.15) is 96.8 Å². The number of methoxy groups -OCH3 is 1. The lowest BCUT2D eigenvalue weighted by molar-refractivity contribution is -0.0315. The van der Waals surface area contributed by atoms with Gasteiger partial charge in [0.1, 0.15) is 6.79 Å². The molecule has 3 heteroatoms. The molecule has 0 saturated carbocycles. The highest BCUT2D eigenvalue weighted by molar-refractivity contribution is 4.57. The van der Waals surface area contributed by atoms with Crippen molar-refractivity contribution in [3.8, 4) is 0 Å². The fourth-order valence-corrected chi connectivity index (χ4v) is 2.74. The van der Waals surface area contributed by atoms with Crippen LogP contribution in [0.3, 0.4) is 0 Å². The summed E-state index contributed by atoms with van der Waals surface area (Å²) in [5.41, 5.74) is 0. The van der Waals surface area contributed by atoms with Gasteiger partial charge in [0.05, 0.1) is 6.10 Å². The van der Waals surface area contributed by atoms with E-state index in [0.717, 1.165) is 25.9 Å². The predicted molar refractivity (Wildman–Crippen MR) is 94.1 cm³/mol. The quantitative estimate of drug-likeness (QED) is 0.270. The van der Waals surface area contributed by atoms with Crippen LogP contribution in [0.25, 0.3) is 0 Å². The molecular weight excluding hydrogens is 276 g/mol. The summed E-state index contributed by atoms with van der Waals surface area (Å²) in [4.78, 5) is 0. The van der Waals surface area contributed by atoms with Crippen LogP contribution in [0.2, 0.25) is 0 Å². The summed E-state index contributed by atoms with van der Waals surface area (Å²) in [5.74, 6) is 0. The molecule has 0 aromatic heterocycles. The molecule has 0 aliphatic heterocycles. The largest absolute Gasteiger partial charge is 0.393 e. The molecular formula is C19H40O3. The molecule has 0 aromatic rings. The molecule has 0 heterocycles. The van der Waals surface area contributed by atoms with Crippen molar-refractivity contribution in [3.63, 3.8) is 0 Å². The van der Waals surface area contributed by atoms with E-state index in [1.54, 1.807) is 7.11 Å². The van der Waals surface area contributed by atoms with E-state index in [-0.39, 0.29) is 6.10 Å². The molecule has 0 amide bonds. The maximum absolute atomic E-state index is 9.83. The van der Waals surface area contributed by atoms with Gasteiger partial charge in [-0.25, -0.2) is 0 Å². The SMILES string of the molecule is CCCCC[C@H](O)CCCCCCCCCCCOCOC. The molecule has 3 nitrogen and oxygen atoms in total. The average molecular weight is 317 g/mol. The van der Waals surface area contributed by atoms with Crippen molar-refractivity contribution in [2.45, 2.75) is 103 Å². The zero-order valence-corrected chi connectivity index (χ0v) is 15.2. The summed E-state index contributed by atoms with van der Waals surface area (Å²) < 4.78 is 10.1. The summed E-state index contributed by atoms with van der Waals surface area (Å²) in [6.45, 7) is 3.46. The first-order chi connectivity index (χ1) is 10.8. The van der Waals surface area contributed by atoms with E-state index in [1.165, 1.54) is 70.6 Å². The average Bonchev–Trinajstić information content (AvgIpc) is 2.52. The summed E-state index contributed by atoms with van der Waals surface area (Å²) in [6.07, 6.45) is 17.3. The van der Waals surface area contributed by atoms with Crippen LogP contribution < -0.4 is 0 Å². The minimum atomic E-state index is -0.0492. The number of hydrogen-bond donors (Lipinski definition) is 1. The first-order valence-corrected chi connectivity index (χ1v) is 9.56. The molecule has 134 valence electrons.